The summed E-state index contributed by atoms with van der Waals surface area (Å²) in [5, 5.41) is 2.95. The van der Waals surface area contributed by atoms with Crippen LogP contribution in [0, 0.1) is 0 Å². The van der Waals surface area contributed by atoms with Crippen LogP contribution in [0.5, 0.6) is 0 Å². The van der Waals surface area contributed by atoms with E-state index in [2.05, 4.69) is 35.2 Å². The Bertz CT molecular complexity index is 657. The van der Waals surface area contributed by atoms with Crippen LogP contribution in [0.15, 0.2) is 49.4 Å². The maximum Gasteiger partial charge on any atom is 0.231 e. The van der Waals surface area contributed by atoms with E-state index in [0.29, 0.717) is 17.5 Å². The SMILES string of the molecule is c1ccc(-c2cncc(Nc3ncncn3)n2)nc1. The van der Waals surface area contributed by atoms with E-state index < -0.39 is 0 Å². The summed E-state index contributed by atoms with van der Waals surface area (Å²) in [5.41, 5.74) is 1.44. The van der Waals surface area contributed by atoms with E-state index in [4.69, 9.17) is 0 Å². The summed E-state index contributed by atoms with van der Waals surface area (Å²) in [4.78, 5) is 24.4. The number of nitrogens with zero attached hydrogens (tertiary/aromatic N) is 6. The zero-order valence-corrected chi connectivity index (χ0v) is 9.80. The Hall–Kier alpha value is -2.96. The van der Waals surface area contributed by atoms with Crippen LogP contribution in [0.2, 0.25) is 0 Å². The third kappa shape index (κ3) is 2.65. The van der Waals surface area contributed by atoms with E-state index in [0.717, 1.165) is 5.69 Å². The number of hydrogen-bond acceptors (Lipinski definition) is 7. The number of nitrogens with one attached hydrogen (secondary N) is 1. The highest BCUT2D eigenvalue weighted by Gasteiger charge is 2.03. The maximum atomic E-state index is 4.40. The van der Waals surface area contributed by atoms with Gasteiger partial charge >= 0.3 is 0 Å². The van der Waals surface area contributed by atoms with Gasteiger partial charge in [0.25, 0.3) is 0 Å². The number of rotatable bonds is 3. The number of pyridine rings is 1. The van der Waals surface area contributed by atoms with Gasteiger partial charge in [-0.05, 0) is 12.1 Å². The van der Waals surface area contributed by atoms with Crippen LogP contribution in [-0.2, 0) is 0 Å². The molecule has 0 aliphatic rings. The lowest BCUT2D eigenvalue weighted by molar-refractivity contribution is 1.04. The summed E-state index contributed by atoms with van der Waals surface area (Å²) in [6.07, 6.45) is 7.77. The average molecular weight is 251 g/mol. The maximum absolute atomic E-state index is 4.40. The molecule has 0 saturated heterocycles. The van der Waals surface area contributed by atoms with E-state index in [-0.39, 0.29) is 0 Å². The van der Waals surface area contributed by atoms with Crippen LogP contribution < -0.4 is 5.32 Å². The molecule has 92 valence electrons. The van der Waals surface area contributed by atoms with E-state index >= 15 is 0 Å². The van der Waals surface area contributed by atoms with Gasteiger partial charge in [0.1, 0.15) is 18.3 Å². The molecule has 0 aliphatic heterocycles. The summed E-state index contributed by atoms with van der Waals surface area (Å²) >= 11 is 0. The van der Waals surface area contributed by atoms with Gasteiger partial charge in [0.2, 0.25) is 5.95 Å². The Morgan fingerprint density at radius 3 is 2.53 bits per heavy atom. The van der Waals surface area contributed by atoms with Gasteiger partial charge < -0.3 is 5.32 Å². The molecule has 3 heterocycles. The van der Waals surface area contributed by atoms with E-state index in [9.17, 15) is 0 Å². The monoisotopic (exact) mass is 251 g/mol. The van der Waals surface area contributed by atoms with E-state index in [1.54, 1.807) is 18.6 Å². The molecule has 3 aromatic rings. The summed E-state index contributed by atoms with van der Waals surface area (Å²) in [5.74, 6) is 0.969. The van der Waals surface area contributed by atoms with Crippen LogP contribution in [0.1, 0.15) is 0 Å². The van der Waals surface area contributed by atoms with Crippen molar-refractivity contribution in [2.24, 2.45) is 0 Å². The van der Waals surface area contributed by atoms with Crippen LogP contribution in [0.3, 0.4) is 0 Å². The zero-order chi connectivity index (χ0) is 12.9. The molecule has 1 N–H and O–H groups in total. The number of anilines is 2. The van der Waals surface area contributed by atoms with Crippen LogP contribution in [0.4, 0.5) is 11.8 Å². The molecule has 3 aromatic heterocycles. The fourth-order valence-corrected chi connectivity index (χ4v) is 1.48. The Morgan fingerprint density at radius 1 is 0.842 bits per heavy atom. The van der Waals surface area contributed by atoms with E-state index in [1.807, 2.05) is 18.2 Å². The molecule has 0 bridgehead atoms. The molecule has 0 amide bonds. The molecule has 0 saturated carbocycles. The highest BCUT2D eigenvalue weighted by molar-refractivity contribution is 5.56. The fraction of sp³-hybridized carbons (Fsp3) is 0. The molecule has 0 aliphatic carbocycles. The van der Waals surface area contributed by atoms with Crippen LogP contribution >= 0.6 is 0 Å². The Kier molecular flexibility index (Phi) is 3.01. The molecule has 0 radical (unpaired) electrons. The van der Waals surface area contributed by atoms with Crippen molar-refractivity contribution in [3.8, 4) is 11.4 Å². The Labute approximate surface area is 108 Å². The van der Waals surface area contributed by atoms with Crippen molar-refractivity contribution in [2.45, 2.75) is 0 Å². The van der Waals surface area contributed by atoms with Gasteiger partial charge in [-0.1, -0.05) is 6.07 Å². The highest BCUT2D eigenvalue weighted by atomic mass is 15.2. The first-order valence-corrected chi connectivity index (χ1v) is 5.54. The minimum absolute atomic E-state index is 0.419. The summed E-state index contributed by atoms with van der Waals surface area (Å²) < 4.78 is 0. The van der Waals surface area contributed by atoms with Gasteiger partial charge in [0, 0.05) is 6.20 Å². The lowest BCUT2D eigenvalue weighted by atomic mass is 10.3. The fourth-order valence-electron chi connectivity index (χ4n) is 1.48. The quantitative estimate of drug-likeness (QED) is 0.753. The Balaban J connectivity index is 1.89. The highest BCUT2D eigenvalue weighted by Crippen LogP contribution is 2.15. The molecule has 19 heavy (non-hydrogen) atoms. The Morgan fingerprint density at radius 2 is 1.74 bits per heavy atom. The van der Waals surface area contributed by atoms with Crippen molar-refractivity contribution in [1.82, 2.24) is 29.9 Å². The minimum atomic E-state index is 0.419. The van der Waals surface area contributed by atoms with Crippen molar-refractivity contribution in [3.05, 3.63) is 49.4 Å². The molecule has 0 aromatic carbocycles. The normalized spacial score (nSPS) is 10.1. The molecule has 0 fully saturated rings. The first-order chi connectivity index (χ1) is 9.42. The predicted molar refractivity (Wildman–Crippen MR) is 68.4 cm³/mol. The smallest absolute Gasteiger partial charge is 0.231 e. The molecule has 7 nitrogen and oxygen atoms in total. The third-order valence-corrected chi connectivity index (χ3v) is 2.30. The lowest BCUT2D eigenvalue weighted by Crippen LogP contribution is -2.00. The predicted octanol–water partition coefficient (Wildman–Crippen LogP) is 1.47. The van der Waals surface area contributed by atoms with Crippen molar-refractivity contribution in [2.75, 3.05) is 5.32 Å². The average Bonchev–Trinajstić information content (AvgIpc) is 2.49. The first kappa shape index (κ1) is 11.1. The van der Waals surface area contributed by atoms with Crippen molar-refractivity contribution >= 4 is 11.8 Å². The van der Waals surface area contributed by atoms with Crippen molar-refractivity contribution < 1.29 is 0 Å². The van der Waals surface area contributed by atoms with Gasteiger partial charge in [-0.15, -0.1) is 0 Å². The van der Waals surface area contributed by atoms with Crippen LogP contribution in [0.25, 0.3) is 11.4 Å². The molecule has 0 atom stereocenters. The van der Waals surface area contributed by atoms with Gasteiger partial charge in [0.05, 0.1) is 18.1 Å². The largest absolute Gasteiger partial charge is 0.307 e. The van der Waals surface area contributed by atoms with Gasteiger partial charge in [-0.2, -0.15) is 0 Å². The summed E-state index contributed by atoms with van der Waals surface area (Å²) in [7, 11) is 0. The second kappa shape index (κ2) is 5.13. The van der Waals surface area contributed by atoms with Gasteiger partial charge in [-0.25, -0.2) is 19.9 Å². The zero-order valence-electron chi connectivity index (χ0n) is 9.80. The minimum Gasteiger partial charge on any atom is -0.307 e. The third-order valence-electron chi connectivity index (χ3n) is 2.30. The molecular formula is C12H9N7. The van der Waals surface area contributed by atoms with E-state index in [1.165, 1.54) is 12.7 Å². The first-order valence-electron chi connectivity index (χ1n) is 5.54. The molecular weight excluding hydrogens is 242 g/mol. The summed E-state index contributed by atoms with van der Waals surface area (Å²) in [6.45, 7) is 0. The standard InChI is InChI=1S/C12H9N7/c1-2-4-15-9(3-1)10-5-13-6-11(18-10)19-12-16-7-14-8-17-12/h1-8H,(H,14,16,17,18,19). The molecule has 7 heteroatoms. The van der Waals surface area contributed by atoms with Gasteiger partial charge in [-0.3, -0.25) is 9.97 Å². The topological polar surface area (TPSA) is 89.4 Å². The molecule has 0 unspecified atom stereocenters. The molecule has 0 spiro atoms. The van der Waals surface area contributed by atoms with Crippen molar-refractivity contribution in [1.29, 1.82) is 0 Å². The number of hydrogen-bond donors (Lipinski definition) is 1. The van der Waals surface area contributed by atoms with Crippen molar-refractivity contribution in [3.63, 3.8) is 0 Å². The van der Waals surface area contributed by atoms with Crippen LogP contribution in [-0.4, -0.2) is 29.9 Å². The number of aromatic nitrogens is 6. The van der Waals surface area contributed by atoms with Gasteiger partial charge in [0.15, 0.2) is 5.82 Å². The second-order valence-electron chi connectivity index (χ2n) is 3.59. The lowest BCUT2D eigenvalue weighted by Gasteiger charge is -2.04. The second-order valence-corrected chi connectivity index (χ2v) is 3.59. The summed E-state index contributed by atoms with van der Waals surface area (Å²) in [6, 6.07) is 5.62. The molecule has 3 rings (SSSR count).